The molecular formula is C32H36Cl3N3O4S. The summed E-state index contributed by atoms with van der Waals surface area (Å²) < 4.78 is 29.2. The van der Waals surface area contributed by atoms with Gasteiger partial charge in [0.1, 0.15) is 12.6 Å². The molecule has 0 saturated heterocycles. The highest BCUT2D eigenvalue weighted by Crippen LogP contribution is 2.29. The Morgan fingerprint density at radius 1 is 0.930 bits per heavy atom. The molecule has 0 aliphatic heterocycles. The molecule has 0 spiro atoms. The molecule has 230 valence electrons. The molecule has 1 N–H and O–H groups in total. The molecular weight excluding hydrogens is 629 g/mol. The Balaban J connectivity index is 1.73. The van der Waals surface area contributed by atoms with Crippen molar-refractivity contribution in [3.05, 3.63) is 92.9 Å². The fourth-order valence-electron chi connectivity index (χ4n) is 5.39. The van der Waals surface area contributed by atoms with Gasteiger partial charge in [-0.15, -0.1) is 0 Å². The largest absolute Gasteiger partial charge is 0.352 e. The van der Waals surface area contributed by atoms with Crippen LogP contribution >= 0.6 is 34.8 Å². The molecule has 0 bridgehead atoms. The average Bonchev–Trinajstić information content (AvgIpc) is 2.98. The molecule has 3 aromatic carbocycles. The normalized spacial score (nSPS) is 14.6. The number of carbonyl (C=O) groups is 2. The van der Waals surface area contributed by atoms with Gasteiger partial charge in [-0.3, -0.25) is 13.9 Å². The first-order valence-corrected chi connectivity index (χ1v) is 17.0. The first-order valence-electron chi connectivity index (χ1n) is 14.4. The van der Waals surface area contributed by atoms with Crippen molar-refractivity contribution in [2.75, 3.05) is 10.8 Å². The van der Waals surface area contributed by atoms with Gasteiger partial charge in [0.15, 0.2) is 0 Å². The van der Waals surface area contributed by atoms with Gasteiger partial charge in [0.05, 0.1) is 10.6 Å². The lowest BCUT2D eigenvalue weighted by Gasteiger charge is -2.35. The third kappa shape index (κ3) is 8.24. The highest BCUT2D eigenvalue weighted by Gasteiger charge is 2.35. The number of nitrogens with zero attached hydrogens (tertiary/aromatic N) is 2. The zero-order valence-corrected chi connectivity index (χ0v) is 27.3. The van der Waals surface area contributed by atoms with Gasteiger partial charge in [-0.05, 0) is 79.8 Å². The molecule has 0 heterocycles. The number of para-hydroxylation sites is 1. The van der Waals surface area contributed by atoms with Crippen LogP contribution in [-0.4, -0.2) is 43.8 Å². The van der Waals surface area contributed by atoms with E-state index in [0.717, 1.165) is 36.4 Å². The molecule has 11 heteroatoms. The number of rotatable bonds is 11. The number of aryl methyl sites for hydroxylation is 1. The summed E-state index contributed by atoms with van der Waals surface area (Å²) in [4.78, 5) is 29.4. The fourth-order valence-corrected chi connectivity index (χ4v) is 7.46. The second-order valence-electron chi connectivity index (χ2n) is 10.8. The minimum atomic E-state index is -4.20. The third-order valence-electron chi connectivity index (χ3n) is 7.76. The van der Waals surface area contributed by atoms with E-state index in [9.17, 15) is 18.0 Å². The van der Waals surface area contributed by atoms with Gasteiger partial charge in [-0.25, -0.2) is 8.42 Å². The Morgan fingerprint density at radius 2 is 1.58 bits per heavy atom. The lowest BCUT2D eigenvalue weighted by molar-refractivity contribution is -0.140. The van der Waals surface area contributed by atoms with Crippen molar-refractivity contribution in [3.63, 3.8) is 0 Å². The summed E-state index contributed by atoms with van der Waals surface area (Å²) in [5.74, 6) is -0.812. The molecule has 1 aliphatic carbocycles. The van der Waals surface area contributed by atoms with Crippen LogP contribution in [0.4, 0.5) is 5.69 Å². The number of sulfonamides is 1. The van der Waals surface area contributed by atoms with Gasteiger partial charge in [0.25, 0.3) is 10.0 Å². The molecule has 2 amide bonds. The van der Waals surface area contributed by atoms with Gasteiger partial charge in [-0.1, -0.05) is 85.3 Å². The molecule has 1 unspecified atom stereocenters. The van der Waals surface area contributed by atoms with E-state index in [1.54, 1.807) is 49.4 Å². The fraction of sp³-hybridized carbons (Fsp3) is 0.375. The molecule has 1 saturated carbocycles. The maximum atomic E-state index is 14.3. The van der Waals surface area contributed by atoms with Crippen LogP contribution in [0.3, 0.4) is 0 Å². The van der Waals surface area contributed by atoms with Gasteiger partial charge in [-0.2, -0.15) is 0 Å². The molecule has 7 nitrogen and oxygen atoms in total. The minimum absolute atomic E-state index is 0.00592. The third-order valence-corrected chi connectivity index (χ3v) is 10.4. The number of carbonyl (C=O) groups excluding carboxylic acids is 2. The maximum absolute atomic E-state index is 14.3. The summed E-state index contributed by atoms with van der Waals surface area (Å²) >= 11 is 18.7. The van der Waals surface area contributed by atoms with Crippen molar-refractivity contribution in [1.82, 2.24) is 10.2 Å². The van der Waals surface area contributed by atoms with Crippen molar-refractivity contribution in [2.24, 2.45) is 0 Å². The lowest BCUT2D eigenvalue weighted by atomic mass is 9.95. The van der Waals surface area contributed by atoms with E-state index in [4.69, 9.17) is 34.8 Å². The van der Waals surface area contributed by atoms with E-state index < -0.39 is 28.5 Å². The Hall–Kier alpha value is -2.78. The summed E-state index contributed by atoms with van der Waals surface area (Å²) in [5, 5.41) is 4.31. The molecule has 1 fully saturated rings. The molecule has 3 aromatic rings. The van der Waals surface area contributed by atoms with E-state index in [2.05, 4.69) is 5.32 Å². The first kappa shape index (κ1) is 33.1. The van der Waals surface area contributed by atoms with Crippen LogP contribution in [0.5, 0.6) is 0 Å². The maximum Gasteiger partial charge on any atom is 0.264 e. The van der Waals surface area contributed by atoms with Crippen molar-refractivity contribution in [1.29, 1.82) is 0 Å². The SMILES string of the molecule is CCC(C(=O)NC1CCCCC1)N(Cc1ccc(Cl)cc1Cl)C(=O)CN(c1ccccc1C)S(=O)(=O)c1ccc(Cl)cc1. The van der Waals surface area contributed by atoms with E-state index in [0.29, 0.717) is 38.3 Å². The molecule has 43 heavy (non-hydrogen) atoms. The minimum Gasteiger partial charge on any atom is -0.352 e. The monoisotopic (exact) mass is 663 g/mol. The van der Waals surface area contributed by atoms with Crippen LogP contribution in [0.15, 0.2) is 71.6 Å². The van der Waals surface area contributed by atoms with E-state index >= 15 is 0 Å². The van der Waals surface area contributed by atoms with E-state index in [1.165, 1.54) is 29.2 Å². The molecule has 1 aliphatic rings. The van der Waals surface area contributed by atoms with Crippen LogP contribution in [0.2, 0.25) is 15.1 Å². The number of benzene rings is 3. The summed E-state index contributed by atoms with van der Waals surface area (Å²) in [6.45, 7) is 3.07. The molecule has 0 aromatic heterocycles. The number of amides is 2. The van der Waals surface area contributed by atoms with E-state index in [1.807, 2.05) is 6.92 Å². The second-order valence-corrected chi connectivity index (χ2v) is 13.9. The first-order chi connectivity index (χ1) is 20.5. The predicted molar refractivity (Wildman–Crippen MR) is 173 cm³/mol. The van der Waals surface area contributed by atoms with Crippen molar-refractivity contribution >= 4 is 62.3 Å². The smallest absolute Gasteiger partial charge is 0.264 e. The van der Waals surface area contributed by atoms with Crippen LogP contribution in [0.25, 0.3) is 0 Å². The zero-order valence-electron chi connectivity index (χ0n) is 24.2. The van der Waals surface area contributed by atoms with Crippen molar-refractivity contribution < 1.29 is 18.0 Å². The summed E-state index contributed by atoms with van der Waals surface area (Å²) in [6.07, 6.45) is 5.32. The number of halogens is 3. The molecule has 4 rings (SSSR count). The summed E-state index contributed by atoms with van der Waals surface area (Å²) in [5.41, 5.74) is 1.61. The highest BCUT2D eigenvalue weighted by molar-refractivity contribution is 7.92. The van der Waals surface area contributed by atoms with Gasteiger partial charge in [0, 0.05) is 27.7 Å². The topological polar surface area (TPSA) is 86.8 Å². The molecule has 1 atom stereocenters. The number of hydrogen-bond donors (Lipinski definition) is 1. The Morgan fingerprint density at radius 3 is 2.21 bits per heavy atom. The lowest BCUT2D eigenvalue weighted by Crippen LogP contribution is -2.54. The average molecular weight is 665 g/mol. The molecule has 0 radical (unpaired) electrons. The van der Waals surface area contributed by atoms with Gasteiger partial charge >= 0.3 is 0 Å². The number of hydrogen-bond acceptors (Lipinski definition) is 4. The Bertz CT molecular complexity index is 1540. The van der Waals surface area contributed by atoms with Crippen molar-refractivity contribution in [2.45, 2.75) is 75.9 Å². The summed E-state index contributed by atoms with van der Waals surface area (Å²) in [7, 11) is -4.20. The Labute approximate surface area is 269 Å². The highest BCUT2D eigenvalue weighted by atomic mass is 35.5. The van der Waals surface area contributed by atoms with E-state index in [-0.39, 0.29) is 23.4 Å². The number of anilines is 1. The Kier molecular flexibility index (Phi) is 11.4. The standard InChI is InChI=1S/C32H36Cl3N3O4S/c1-3-29(32(40)36-26-10-5-4-6-11-26)37(20-23-13-14-25(34)19-28(23)35)31(39)21-38(30-12-8-7-9-22(30)2)43(41,42)27-17-15-24(33)16-18-27/h7-9,12-19,26,29H,3-6,10-11,20-21H2,1-2H3,(H,36,40). The van der Waals surface area contributed by atoms with Crippen LogP contribution < -0.4 is 9.62 Å². The summed E-state index contributed by atoms with van der Waals surface area (Å²) in [6, 6.07) is 16.9. The van der Waals surface area contributed by atoms with Crippen LogP contribution in [-0.2, 0) is 26.2 Å². The quantitative estimate of drug-likeness (QED) is 0.231. The predicted octanol–water partition coefficient (Wildman–Crippen LogP) is 7.41. The van der Waals surface area contributed by atoms with Crippen LogP contribution in [0.1, 0.15) is 56.6 Å². The van der Waals surface area contributed by atoms with Gasteiger partial charge in [0.2, 0.25) is 11.8 Å². The van der Waals surface area contributed by atoms with Gasteiger partial charge < -0.3 is 10.2 Å². The van der Waals surface area contributed by atoms with Crippen molar-refractivity contribution in [3.8, 4) is 0 Å². The number of nitrogens with one attached hydrogen (secondary N) is 1. The van der Waals surface area contributed by atoms with Crippen LogP contribution in [0, 0.1) is 6.92 Å². The zero-order chi connectivity index (χ0) is 31.1. The second kappa shape index (κ2) is 14.8.